The molecule has 2 fully saturated rings. The maximum atomic E-state index is 12.9. The Balaban J connectivity index is 1.50. The Morgan fingerprint density at radius 2 is 2.08 bits per heavy atom. The average Bonchev–Trinajstić information content (AvgIpc) is 3.30. The van der Waals surface area contributed by atoms with Gasteiger partial charge in [0.2, 0.25) is 5.91 Å². The SMILES string of the molecule is Cc1cc(-c2snnc2[C@@H]2CCCN(C(=O)C3CCCCC3)C2)on1. The quantitative estimate of drug-likeness (QED) is 0.833. The van der Waals surface area contributed by atoms with Crippen LogP contribution < -0.4 is 0 Å². The van der Waals surface area contributed by atoms with Crippen LogP contribution in [0.1, 0.15) is 62.3 Å². The van der Waals surface area contributed by atoms with Crippen LogP contribution in [0.5, 0.6) is 0 Å². The van der Waals surface area contributed by atoms with Crippen LogP contribution in [-0.2, 0) is 4.79 Å². The van der Waals surface area contributed by atoms with Crippen molar-refractivity contribution in [2.45, 2.75) is 57.8 Å². The molecular weight excluding hydrogens is 336 g/mol. The molecule has 1 atom stereocenters. The number of aromatic nitrogens is 3. The van der Waals surface area contributed by atoms with E-state index in [9.17, 15) is 4.79 Å². The van der Waals surface area contributed by atoms with E-state index < -0.39 is 0 Å². The topological polar surface area (TPSA) is 72.1 Å². The number of carbonyl (C=O) groups is 1. The van der Waals surface area contributed by atoms with Crippen LogP contribution in [0.2, 0.25) is 0 Å². The van der Waals surface area contributed by atoms with Crippen molar-refractivity contribution in [2.75, 3.05) is 13.1 Å². The lowest BCUT2D eigenvalue weighted by atomic mass is 9.86. The molecule has 0 aromatic carbocycles. The monoisotopic (exact) mass is 360 g/mol. The zero-order valence-electron chi connectivity index (χ0n) is 14.6. The number of nitrogens with zero attached hydrogens (tertiary/aromatic N) is 4. The summed E-state index contributed by atoms with van der Waals surface area (Å²) < 4.78 is 9.55. The molecule has 25 heavy (non-hydrogen) atoms. The first-order valence-corrected chi connectivity index (χ1v) is 10.0. The standard InChI is InChI=1S/C18H24N4O2S/c1-12-10-15(24-20-12)17-16(19-21-25-17)14-8-5-9-22(11-14)18(23)13-6-3-2-4-7-13/h10,13-14H,2-9,11H2,1H3/t14-/m1/s1. The number of carbonyl (C=O) groups excluding carboxylic acids is 1. The summed E-state index contributed by atoms with van der Waals surface area (Å²) in [6.45, 7) is 3.54. The molecule has 3 heterocycles. The zero-order chi connectivity index (χ0) is 17.2. The number of piperidine rings is 1. The van der Waals surface area contributed by atoms with E-state index in [4.69, 9.17) is 4.52 Å². The molecule has 1 aliphatic carbocycles. The average molecular weight is 360 g/mol. The van der Waals surface area contributed by atoms with Crippen LogP contribution >= 0.6 is 11.5 Å². The molecule has 0 radical (unpaired) electrons. The van der Waals surface area contributed by atoms with Crippen LogP contribution in [0.15, 0.2) is 10.6 Å². The number of amides is 1. The number of hydrogen-bond donors (Lipinski definition) is 0. The second-order valence-electron chi connectivity index (χ2n) is 7.28. The van der Waals surface area contributed by atoms with Gasteiger partial charge in [-0.1, -0.05) is 28.9 Å². The lowest BCUT2D eigenvalue weighted by Gasteiger charge is -2.35. The minimum Gasteiger partial charge on any atom is -0.355 e. The molecule has 1 saturated carbocycles. The second-order valence-corrected chi connectivity index (χ2v) is 8.03. The van der Waals surface area contributed by atoms with Crippen LogP contribution in [0.4, 0.5) is 0 Å². The van der Waals surface area contributed by atoms with E-state index in [1.807, 2.05) is 13.0 Å². The fourth-order valence-corrected chi connectivity index (χ4v) is 4.81. The van der Waals surface area contributed by atoms with E-state index >= 15 is 0 Å². The molecule has 7 heteroatoms. The van der Waals surface area contributed by atoms with Gasteiger partial charge in [0.05, 0.1) is 11.4 Å². The Morgan fingerprint density at radius 3 is 2.84 bits per heavy atom. The Bertz CT molecular complexity index is 735. The van der Waals surface area contributed by atoms with Gasteiger partial charge in [-0.25, -0.2) is 0 Å². The van der Waals surface area contributed by atoms with Crippen molar-refractivity contribution in [3.05, 3.63) is 17.5 Å². The number of rotatable bonds is 3. The summed E-state index contributed by atoms with van der Waals surface area (Å²) in [4.78, 5) is 15.9. The van der Waals surface area contributed by atoms with E-state index in [0.717, 1.165) is 60.8 Å². The van der Waals surface area contributed by atoms with Gasteiger partial charge in [0.1, 0.15) is 4.88 Å². The van der Waals surface area contributed by atoms with E-state index in [1.54, 1.807) is 0 Å². The summed E-state index contributed by atoms with van der Waals surface area (Å²) in [7, 11) is 0. The molecule has 1 amide bonds. The summed E-state index contributed by atoms with van der Waals surface area (Å²) in [5, 5.41) is 8.35. The number of likely N-dealkylation sites (tertiary alicyclic amines) is 1. The molecule has 134 valence electrons. The maximum Gasteiger partial charge on any atom is 0.225 e. The van der Waals surface area contributed by atoms with Gasteiger partial charge in [-0.3, -0.25) is 4.79 Å². The van der Waals surface area contributed by atoms with E-state index in [-0.39, 0.29) is 11.8 Å². The minimum absolute atomic E-state index is 0.234. The Morgan fingerprint density at radius 1 is 1.24 bits per heavy atom. The van der Waals surface area contributed by atoms with Crippen molar-refractivity contribution in [1.82, 2.24) is 19.6 Å². The molecule has 1 aliphatic heterocycles. The van der Waals surface area contributed by atoms with Crippen LogP contribution in [-0.4, -0.2) is 38.6 Å². The molecule has 4 rings (SSSR count). The third-order valence-electron chi connectivity index (χ3n) is 5.44. The highest BCUT2D eigenvalue weighted by Gasteiger charge is 2.32. The molecular formula is C18H24N4O2S. The summed E-state index contributed by atoms with van der Waals surface area (Å²) in [6, 6.07) is 1.92. The lowest BCUT2D eigenvalue weighted by Crippen LogP contribution is -2.43. The third kappa shape index (κ3) is 3.47. The molecule has 1 saturated heterocycles. The van der Waals surface area contributed by atoms with Gasteiger partial charge in [-0.15, -0.1) is 5.10 Å². The molecule has 0 spiro atoms. The molecule has 6 nitrogen and oxygen atoms in total. The first-order valence-electron chi connectivity index (χ1n) is 9.27. The fourth-order valence-electron chi connectivity index (χ4n) is 4.11. The smallest absolute Gasteiger partial charge is 0.225 e. The first kappa shape index (κ1) is 16.7. The van der Waals surface area contributed by atoms with Crippen LogP contribution in [0.3, 0.4) is 0 Å². The second kappa shape index (κ2) is 7.23. The normalized spacial score (nSPS) is 22.3. The van der Waals surface area contributed by atoms with Crippen LogP contribution in [0.25, 0.3) is 10.6 Å². The van der Waals surface area contributed by atoms with Gasteiger partial charge in [0, 0.05) is 31.0 Å². The van der Waals surface area contributed by atoms with Crippen molar-refractivity contribution >= 4 is 17.4 Å². The number of aryl methyl sites for hydroxylation is 1. The lowest BCUT2D eigenvalue weighted by molar-refractivity contribution is -0.137. The molecule has 2 aromatic rings. The summed E-state index contributed by atoms with van der Waals surface area (Å²) in [6.07, 6.45) is 7.84. The molecule has 0 bridgehead atoms. The van der Waals surface area contributed by atoms with Gasteiger partial charge in [-0.2, -0.15) is 0 Å². The summed E-state index contributed by atoms with van der Waals surface area (Å²) >= 11 is 1.35. The summed E-state index contributed by atoms with van der Waals surface area (Å²) in [5.41, 5.74) is 1.81. The fraction of sp³-hybridized carbons (Fsp3) is 0.667. The van der Waals surface area contributed by atoms with E-state index in [0.29, 0.717) is 5.91 Å². The largest absolute Gasteiger partial charge is 0.355 e. The third-order valence-corrected chi connectivity index (χ3v) is 6.20. The maximum absolute atomic E-state index is 12.9. The predicted molar refractivity (Wildman–Crippen MR) is 95.3 cm³/mol. The Kier molecular flexibility index (Phi) is 4.83. The van der Waals surface area contributed by atoms with Gasteiger partial charge >= 0.3 is 0 Å². The highest BCUT2D eigenvalue weighted by Crippen LogP contribution is 2.36. The van der Waals surface area contributed by atoms with Gasteiger partial charge in [0.15, 0.2) is 5.76 Å². The van der Waals surface area contributed by atoms with Gasteiger partial charge < -0.3 is 9.42 Å². The highest BCUT2D eigenvalue weighted by atomic mass is 32.1. The minimum atomic E-state index is 0.234. The zero-order valence-corrected chi connectivity index (χ0v) is 15.4. The van der Waals surface area contributed by atoms with E-state index in [2.05, 4.69) is 19.6 Å². The Hall–Kier alpha value is -1.76. The van der Waals surface area contributed by atoms with Gasteiger partial charge in [0.25, 0.3) is 0 Å². The molecule has 2 aromatic heterocycles. The van der Waals surface area contributed by atoms with E-state index in [1.165, 1.54) is 30.8 Å². The first-order chi connectivity index (χ1) is 12.2. The van der Waals surface area contributed by atoms with Crippen molar-refractivity contribution < 1.29 is 9.32 Å². The molecule has 0 N–H and O–H groups in total. The predicted octanol–water partition coefficient (Wildman–Crippen LogP) is 3.79. The van der Waals surface area contributed by atoms with Crippen molar-refractivity contribution in [2.24, 2.45) is 5.92 Å². The molecule has 2 aliphatic rings. The van der Waals surface area contributed by atoms with Crippen molar-refractivity contribution in [3.63, 3.8) is 0 Å². The summed E-state index contributed by atoms with van der Waals surface area (Å²) in [5.74, 6) is 1.56. The number of hydrogen-bond acceptors (Lipinski definition) is 6. The highest BCUT2D eigenvalue weighted by molar-refractivity contribution is 7.09. The van der Waals surface area contributed by atoms with Crippen molar-refractivity contribution in [1.29, 1.82) is 0 Å². The Labute approximate surface area is 151 Å². The van der Waals surface area contributed by atoms with Crippen molar-refractivity contribution in [3.8, 4) is 10.6 Å². The molecule has 0 unspecified atom stereocenters. The van der Waals surface area contributed by atoms with Crippen LogP contribution in [0, 0.1) is 12.8 Å². The van der Waals surface area contributed by atoms with Gasteiger partial charge in [-0.05, 0) is 44.1 Å².